The van der Waals surface area contributed by atoms with Gasteiger partial charge in [0.05, 0.1) is 0 Å². The standard InChI is InChI=1S/C12H13F3N2O4/c1-5(2)8(11(20)21)17-10(19)6-3-4-7(12(13,14)15)16-9(6)18/h3-5,8H,1-2H3,(H,16,18)(H,17,19)(H,20,21)/t8-/m0/s1. The van der Waals surface area contributed by atoms with Crippen LogP contribution in [-0.2, 0) is 11.0 Å². The van der Waals surface area contributed by atoms with Gasteiger partial charge in [0.1, 0.15) is 17.3 Å². The maximum Gasteiger partial charge on any atom is 0.431 e. The summed E-state index contributed by atoms with van der Waals surface area (Å²) in [5.74, 6) is -2.81. The Morgan fingerprint density at radius 3 is 2.24 bits per heavy atom. The van der Waals surface area contributed by atoms with Crippen LogP contribution in [0, 0.1) is 5.92 Å². The van der Waals surface area contributed by atoms with Gasteiger partial charge in [0.15, 0.2) is 0 Å². The minimum atomic E-state index is -4.74. The van der Waals surface area contributed by atoms with Gasteiger partial charge in [-0.2, -0.15) is 13.2 Å². The molecule has 1 heterocycles. The van der Waals surface area contributed by atoms with Crippen LogP contribution in [0.15, 0.2) is 16.9 Å². The summed E-state index contributed by atoms with van der Waals surface area (Å²) in [4.78, 5) is 35.7. The third-order valence-electron chi connectivity index (χ3n) is 2.68. The Morgan fingerprint density at radius 2 is 1.86 bits per heavy atom. The van der Waals surface area contributed by atoms with Crippen molar-refractivity contribution in [2.75, 3.05) is 0 Å². The molecule has 0 spiro atoms. The molecule has 0 bridgehead atoms. The largest absolute Gasteiger partial charge is 0.480 e. The van der Waals surface area contributed by atoms with Crippen molar-refractivity contribution in [1.82, 2.24) is 10.3 Å². The summed E-state index contributed by atoms with van der Waals surface area (Å²) in [6.07, 6.45) is -4.74. The summed E-state index contributed by atoms with van der Waals surface area (Å²) >= 11 is 0. The van der Waals surface area contributed by atoms with E-state index < -0.39 is 46.8 Å². The van der Waals surface area contributed by atoms with E-state index in [2.05, 4.69) is 5.32 Å². The van der Waals surface area contributed by atoms with Crippen molar-refractivity contribution in [2.24, 2.45) is 5.92 Å². The third kappa shape index (κ3) is 4.07. The lowest BCUT2D eigenvalue weighted by Crippen LogP contribution is -2.45. The van der Waals surface area contributed by atoms with Crippen LogP contribution in [0.3, 0.4) is 0 Å². The maximum atomic E-state index is 12.4. The normalized spacial score (nSPS) is 13.0. The average Bonchev–Trinajstić information content (AvgIpc) is 2.33. The predicted octanol–water partition coefficient (Wildman–Crippen LogP) is 1.23. The van der Waals surface area contributed by atoms with Gasteiger partial charge in [-0.1, -0.05) is 13.8 Å². The van der Waals surface area contributed by atoms with E-state index in [0.29, 0.717) is 12.1 Å². The minimum Gasteiger partial charge on any atom is -0.480 e. The molecule has 1 rings (SSSR count). The van der Waals surface area contributed by atoms with Crippen LogP contribution in [0.5, 0.6) is 0 Å². The van der Waals surface area contributed by atoms with Gasteiger partial charge in [0.2, 0.25) is 0 Å². The van der Waals surface area contributed by atoms with Crippen LogP contribution in [0.1, 0.15) is 29.9 Å². The van der Waals surface area contributed by atoms with Crippen LogP contribution in [0.2, 0.25) is 0 Å². The molecule has 1 aromatic rings. The molecule has 0 aliphatic rings. The van der Waals surface area contributed by atoms with E-state index in [1.807, 2.05) is 0 Å². The average molecular weight is 306 g/mol. The third-order valence-corrected chi connectivity index (χ3v) is 2.68. The Kier molecular flexibility index (Phi) is 4.77. The zero-order chi connectivity index (χ0) is 16.4. The van der Waals surface area contributed by atoms with Crippen molar-refractivity contribution < 1.29 is 27.9 Å². The Balaban J connectivity index is 3.04. The molecule has 116 valence electrons. The number of rotatable bonds is 4. The zero-order valence-electron chi connectivity index (χ0n) is 11.1. The predicted molar refractivity (Wildman–Crippen MR) is 65.8 cm³/mol. The van der Waals surface area contributed by atoms with Crippen molar-refractivity contribution in [3.8, 4) is 0 Å². The number of aliphatic carboxylic acids is 1. The van der Waals surface area contributed by atoms with Crippen LogP contribution >= 0.6 is 0 Å². The van der Waals surface area contributed by atoms with Gasteiger partial charge in [-0.25, -0.2) is 4.79 Å². The Bertz CT molecular complexity index is 607. The number of carboxylic acid groups (broad SMARTS) is 1. The number of aromatic nitrogens is 1. The molecule has 1 aromatic heterocycles. The second-order valence-electron chi connectivity index (χ2n) is 4.65. The summed E-state index contributed by atoms with van der Waals surface area (Å²) in [5, 5.41) is 11.0. The fraction of sp³-hybridized carbons (Fsp3) is 0.417. The van der Waals surface area contributed by atoms with E-state index in [4.69, 9.17) is 5.11 Å². The number of hydrogen-bond donors (Lipinski definition) is 3. The molecule has 0 saturated heterocycles. The summed E-state index contributed by atoms with van der Waals surface area (Å²) in [7, 11) is 0. The summed E-state index contributed by atoms with van der Waals surface area (Å²) in [6, 6.07) is -0.00304. The highest BCUT2D eigenvalue weighted by Crippen LogP contribution is 2.26. The monoisotopic (exact) mass is 306 g/mol. The number of alkyl halides is 3. The Labute approximate surface area is 117 Å². The van der Waals surface area contributed by atoms with Crippen molar-refractivity contribution in [3.63, 3.8) is 0 Å². The first kappa shape index (κ1) is 16.7. The Morgan fingerprint density at radius 1 is 1.29 bits per heavy atom. The van der Waals surface area contributed by atoms with Crippen molar-refractivity contribution in [1.29, 1.82) is 0 Å². The number of aromatic amines is 1. The first-order valence-electron chi connectivity index (χ1n) is 5.88. The number of H-pyrrole nitrogens is 1. The molecule has 0 radical (unpaired) electrons. The lowest BCUT2D eigenvalue weighted by Gasteiger charge is -2.17. The molecule has 3 N–H and O–H groups in total. The highest BCUT2D eigenvalue weighted by atomic mass is 19.4. The van der Waals surface area contributed by atoms with Gasteiger partial charge in [0, 0.05) is 0 Å². The number of pyridine rings is 1. The summed E-state index contributed by atoms with van der Waals surface area (Å²) in [5.41, 5.74) is -3.12. The van der Waals surface area contributed by atoms with Crippen LogP contribution in [0.4, 0.5) is 13.2 Å². The van der Waals surface area contributed by atoms with E-state index in [-0.39, 0.29) is 0 Å². The summed E-state index contributed by atoms with van der Waals surface area (Å²) in [6.45, 7) is 3.08. The highest BCUT2D eigenvalue weighted by molar-refractivity contribution is 5.96. The summed E-state index contributed by atoms with van der Waals surface area (Å²) < 4.78 is 37.1. The fourth-order valence-electron chi connectivity index (χ4n) is 1.55. The second-order valence-corrected chi connectivity index (χ2v) is 4.65. The second kappa shape index (κ2) is 5.98. The van der Waals surface area contributed by atoms with Crippen molar-refractivity contribution in [3.05, 3.63) is 33.7 Å². The number of nitrogens with one attached hydrogen (secondary N) is 2. The molecule has 0 aliphatic carbocycles. The first-order valence-corrected chi connectivity index (χ1v) is 5.88. The van der Waals surface area contributed by atoms with Gasteiger partial charge < -0.3 is 15.4 Å². The number of carbonyl (C=O) groups excluding carboxylic acids is 1. The van der Waals surface area contributed by atoms with Crippen molar-refractivity contribution in [2.45, 2.75) is 26.1 Å². The number of halogens is 3. The molecule has 21 heavy (non-hydrogen) atoms. The zero-order valence-corrected chi connectivity index (χ0v) is 11.1. The number of carbonyl (C=O) groups is 2. The van der Waals surface area contributed by atoms with Crippen molar-refractivity contribution >= 4 is 11.9 Å². The molecule has 0 aromatic carbocycles. The van der Waals surface area contributed by atoms with Crippen LogP contribution in [-0.4, -0.2) is 28.0 Å². The first-order chi connectivity index (χ1) is 9.54. The lowest BCUT2D eigenvalue weighted by atomic mass is 10.0. The molecule has 0 fully saturated rings. The number of hydrogen-bond acceptors (Lipinski definition) is 3. The molecule has 0 unspecified atom stereocenters. The van der Waals surface area contributed by atoms with Crippen LogP contribution < -0.4 is 10.9 Å². The highest BCUT2D eigenvalue weighted by Gasteiger charge is 2.32. The van der Waals surface area contributed by atoms with Gasteiger partial charge >= 0.3 is 12.1 Å². The van der Waals surface area contributed by atoms with E-state index >= 15 is 0 Å². The molecule has 0 aliphatic heterocycles. The Hall–Kier alpha value is -2.32. The molecule has 0 saturated carbocycles. The van der Waals surface area contributed by atoms with Gasteiger partial charge in [-0.3, -0.25) is 9.59 Å². The molecule has 1 amide bonds. The van der Waals surface area contributed by atoms with Gasteiger partial charge in [-0.15, -0.1) is 0 Å². The topological polar surface area (TPSA) is 99.3 Å². The smallest absolute Gasteiger partial charge is 0.431 e. The molecule has 6 nitrogen and oxygen atoms in total. The molecular weight excluding hydrogens is 293 g/mol. The minimum absolute atomic E-state index is 0.458. The van der Waals surface area contributed by atoms with E-state index in [1.165, 1.54) is 18.8 Å². The van der Waals surface area contributed by atoms with E-state index in [1.54, 1.807) is 0 Å². The maximum absolute atomic E-state index is 12.4. The van der Waals surface area contributed by atoms with E-state index in [9.17, 15) is 27.6 Å². The van der Waals surface area contributed by atoms with E-state index in [0.717, 1.165) is 0 Å². The molecular formula is C12H13F3N2O4. The lowest BCUT2D eigenvalue weighted by molar-refractivity contribution is -0.141. The number of amides is 1. The number of carboxylic acids is 1. The van der Waals surface area contributed by atoms with Gasteiger partial charge in [-0.05, 0) is 18.1 Å². The fourth-order valence-corrected chi connectivity index (χ4v) is 1.55. The quantitative estimate of drug-likeness (QED) is 0.779. The van der Waals surface area contributed by atoms with Crippen LogP contribution in [0.25, 0.3) is 0 Å². The molecule has 9 heteroatoms. The SMILES string of the molecule is CC(C)[C@H](NC(=O)c1ccc(C(F)(F)F)[nH]c1=O)C(=O)O. The molecule has 1 atom stereocenters. The van der Waals surface area contributed by atoms with Gasteiger partial charge in [0.25, 0.3) is 11.5 Å².